The molecule has 1 aromatic heterocycles. The van der Waals surface area contributed by atoms with E-state index in [0.29, 0.717) is 12.1 Å². The van der Waals surface area contributed by atoms with Crippen LogP contribution >= 0.6 is 0 Å². The number of carbonyl (C=O) groups is 1. The molecule has 0 aromatic carbocycles. The predicted molar refractivity (Wildman–Crippen MR) is 68.1 cm³/mol. The van der Waals surface area contributed by atoms with E-state index in [1.165, 1.54) is 0 Å². The molecule has 1 unspecified atom stereocenters. The molecule has 17 heavy (non-hydrogen) atoms. The van der Waals surface area contributed by atoms with Crippen molar-refractivity contribution in [1.29, 1.82) is 0 Å². The van der Waals surface area contributed by atoms with Gasteiger partial charge in [-0.05, 0) is 45.7 Å². The highest BCUT2D eigenvalue weighted by Crippen LogP contribution is 2.11. The van der Waals surface area contributed by atoms with Gasteiger partial charge in [-0.3, -0.25) is 4.79 Å². The highest BCUT2D eigenvalue weighted by atomic mass is 16.3. The van der Waals surface area contributed by atoms with Gasteiger partial charge in [0.15, 0.2) is 0 Å². The molecule has 4 heteroatoms. The molecule has 1 rings (SSSR count). The summed E-state index contributed by atoms with van der Waals surface area (Å²) >= 11 is 0. The molecule has 0 fully saturated rings. The first-order valence-electron chi connectivity index (χ1n) is 6.14. The SMILES string of the molecule is CC(CCCO)NC(=O)c1cccn1C(C)C. The second-order valence-electron chi connectivity index (χ2n) is 4.63. The number of aliphatic hydroxyl groups excluding tert-OH is 1. The van der Waals surface area contributed by atoms with E-state index in [4.69, 9.17) is 5.11 Å². The molecule has 0 aliphatic carbocycles. The first kappa shape index (κ1) is 13.8. The zero-order chi connectivity index (χ0) is 12.8. The Morgan fingerprint density at radius 2 is 2.18 bits per heavy atom. The van der Waals surface area contributed by atoms with Crippen molar-refractivity contribution in [2.45, 2.75) is 45.7 Å². The Morgan fingerprint density at radius 3 is 2.76 bits per heavy atom. The summed E-state index contributed by atoms with van der Waals surface area (Å²) in [6.07, 6.45) is 3.43. The maximum absolute atomic E-state index is 12.0. The van der Waals surface area contributed by atoms with Crippen molar-refractivity contribution in [2.24, 2.45) is 0 Å². The molecular formula is C13H22N2O2. The van der Waals surface area contributed by atoms with Crippen LogP contribution in [0.15, 0.2) is 18.3 Å². The first-order valence-corrected chi connectivity index (χ1v) is 6.14. The van der Waals surface area contributed by atoms with Gasteiger partial charge in [-0.1, -0.05) is 0 Å². The van der Waals surface area contributed by atoms with E-state index >= 15 is 0 Å². The Labute approximate surface area is 103 Å². The second-order valence-corrected chi connectivity index (χ2v) is 4.63. The van der Waals surface area contributed by atoms with Crippen LogP contribution in [0, 0.1) is 0 Å². The lowest BCUT2D eigenvalue weighted by molar-refractivity contribution is 0.0925. The smallest absolute Gasteiger partial charge is 0.268 e. The van der Waals surface area contributed by atoms with Crippen LogP contribution in [-0.4, -0.2) is 28.2 Å². The highest BCUT2D eigenvalue weighted by molar-refractivity contribution is 5.92. The number of hydrogen-bond acceptors (Lipinski definition) is 2. The topological polar surface area (TPSA) is 54.3 Å². The lowest BCUT2D eigenvalue weighted by Gasteiger charge is -2.16. The summed E-state index contributed by atoms with van der Waals surface area (Å²) in [4.78, 5) is 12.0. The fourth-order valence-corrected chi connectivity index (χ4v) is 1.80. The molecule has 96 valence electrons. The fourth-order valence-electron chi connectivity index (χ4n) is 1.80. The zero-order valence-corrected chi connectivity index (χ0v) is 10.8. The zero-order valence-electron chi connectivity index (χ0n) is 10.8. The Kier molecular flexibility index (Phi) is 5.22. The van der Waals surface area contributed by atoms with Crippen molar-refractivity contribution < 1.29 is 9.90 Å². The lowest BCUT2D eigenvalue weighted by Crippen LogP contribution is -2.34. The molecule has 1 atom stereocenters. The molecule has 1 amide bonds. The molecule has 2 N–H and O–H groups in total. The van der Waals surface area contributed by atoms with Crippen molar-refractivity contribution in [3.05, 3.63) is 24.0 Å². The minimum Gasteiger partial charge on any atom is -0.396 e. The van der Waals surface area contributed by atoms with Crippen LogP contribution < -0.4 is 5.32 Å². The van der Waals surface area contributed by atoms with Crippen LogP contribution in [0.4, 0.5) is 0 Å². The number of rotatable bonds is 6. The minimum absolute atomic E-state index is 0.0471. The summed E-state index contributed by atoms with van der Waals surface area (Å²) in [5.41, 5.74) is 0.691. The largest absolute Gasteiger partial charge is 0.396 e. The summed E-state index contributed by atoms with van der Waals surface area (Å²) in [6.45, 7) is 6.22. The normalized spacial score (nSPS) is 12.8. The van der Waals surface area contributed by atoms with Gasteiger partial charge in [-0.25, -0.2) is 0 Å². The summed E-state index contributed by atoms with van der Waals surface area (Å²) < 4.78 is 1.95. The third-order valence-electron chi connectivity index (χ3n) is 2.74. The van der Waals surface area contributed by atoms with Gasteiger partial charge in [0.05, 0.1) is 0 Å². The lowest BCUT2D eigenvalue weighted by atomic mass is 10.2. The summed E-state index contributed by atoms with van der Waals surface area (Å²) in [5, 5.41) is 11.7. The number of nitrogens with one attached hydrogen (secondary N) is 1. The third kappa shape index (κ3) is 3.89. The van der Waals surface area contributed by atoms with Crippen molar-refractivity contribution >= 4 is 5.91 Å². The summed E-state index contributed by atoms with van der Waals surface area (Å²) in [5.74, 6) is -0.0471. The quantitative estimate of drug-likeness (QED) is 0.796. The number of aliphatic hydroxyl groups is 1. The van der Waals surface area contributed by atoms with Crippen molar-refractivity contribution in [1.82, 2.24) is 9.88 Å². The van der Waals surface area contributed by atoms with Crippen LogP contribution in [-0.2, 0) is 0 Å². The predicted octanol–water partition coefficient (Wildman–Crippen LogP) is 1.96. The maximum Gasteiger partial charge on any atom is 0.268 e. The van der Waals surface area contributed by atoms with E-state index < -0.39 is 0 Å². The molecule has 0 bridgehead atoms. The highest BCUT2D eigenvalue weighted by Gasteiger charge is 2.14. The van der Waals surface area contributed by atoms with E-state index in [-0.39, 0.29) is 24.6 Å². The number of carbonyl (C=O) groups excluding carboxylic acids is 1. The Hall–Kier alpha value is -1.29. The molecule has 0 spiro atoms. The molecule has 1 aromatic rings. The second kappa shape index (κ2) is 6.45. The van der Waals surface area contributed by atoms with Gasteiger partial charge in [-0.2, -0.15) is 0 Å². The van der Waals surface area contributed by atoms with E-state index in [0.717, 1.165) is 6.42 Å². The number of aromatic nitrogens is 1. The average Bonchev–Trinajstić information content (AvgIpc) is 2.75. The van der Waals surface area contributed by atoms with Crippen molar-refractivity contribution in [2.75, 3.05) is 6.61 Å². The van der Waals surface area contributed by atoms with Crippen LogP contribution in [0.1, 0.15) is 50.1 Å². The summed E-state index contributed by atoms with van der Waals surface area (Å²) in [7, 11) is 0. The Balaban J connectivity index is 2.60. The molecule has 0 saturated carbocycles. The van der Waals surface area contributed by atoms with Gasteiger partial charge >= 0.3 is 0 Å². The first-order chi connectivity index (χ1) is 8.06. The molecule has 0 aliphatic rings. The Morgan fingerprint density at radius 1 is 1.47 bits per heavy atom. The van der Waals surface area contributed by atoms with Gasteiger partial charge in [0, 0.05) is 24.9 Å². The van der Waals surface area contributed by atoms with Crippen LogP contribution in [0.5, 0.6) is 0 Å². The van der Waals surface area contributed by atoms with Crippen LogP contribution in [0.3, 0.4) is 0 Å². The molecule has 4 nitrogen and oxygen atoms in total. The fraction of sp³-hybridized carbons (Fsp3) is 0.615. The van der Waals surface area contributed by atoms with E-state index in [1.54, 1.807) is 0 Å². The van der Waals surface area contributed by atoms with E-state index in [1.807, 2.05) is 43.7 Å². The van der Waals surface area contributed by atoms with Gasteiger partial charge in [0.2, 0.25) is 0 Å². The molecule has 1 heterocycles. The number of nitrogens with zero attached hydrogens (tertiary/aromatic N) is 1. The average molecular weight is 238 g/mol. The Bertz CT molecular complexity index is 358. The third-order valence-corrected chi connectivity index (χ3v) is 2.74. The molecule has 0 aliphatic heterocycles. The minimum atomic E-state index is -0.0471. The van der Waals surface area contributed by atoms with Gasteiger partial charge in [0.25, 0.3) is 5.91 Å². The van der Waals surface area contributed by atoms with Gasteiger partial charge in [0.1, 0.15) is 5.69 Å². The molecule has 0 saturated heterocycles. The molecule has 0 radical (unpaired) electrons. The number of hydrogen-bond donors (Lipinski definition) is 2. The number of amides is 1. The van der Waals surface area contributed by atoms with Gasteiger partial charge < -0.3 is 15.0 Å². The van der Waals surface area contributed by atoms with Gasteiger partial charge in [-0.15, -0.1) is 0 Å². The van der Waals surface area contributed by atoms with E-state index in [2.05, 4.69) is 5.32 Å². The molecular weight excluding hydrogens is 216 g/mol. The van der Waals surface area contributed by atoms with Crippen molar-refractivity contribution in [3.8, 4) is 0 Å². The standard InChI is InChI=1S/C13H22N2O2/c1-10(2)15-8-4-7-12(15)13(17)14-11(3)6-5-9-16/h4,7-8,10-11,16H,5-6,9H2,1-3H3,(H,14,17). The summed E-state index contributed by atoms with van der Waals surface area (Å²) in [6, 6.07) is 4.07. The van der Waals surface area contributed by atoms with E-state index in [9.17, 15) is 4.79 Å². The van der Waals surface area contributed by atoms with Crippen LogP contribution in [0.2, 0.25) is 0 Å². The monoisotopic (exact) mass is 238 g/mol. The maximum atomic E-state index is 12.0. The van der Waals surface area contributed by atoms with Crippen LogP contribution in [0.25, 0.3) is 0 Å². The van der Waals surface area contributed by atoms with Crippen molar-refractivity contribution in [3.63, 3.8) is 0 Å².